The minimum Gasteiger partial charge on any atom is -0.439 e. The Kier molecular flexibility index (Phi) is 3.75. The highest BCUT2D eigenvalue weighted by Gasteiger charge is 2.47. The summed E-state index contributed by atoms with van der Waals surface area (Å²) in [5.41, 5.74) is 0.886. The van der Waals surface area contributed by atoms with Crippen LogP contribution in [0.2, 0.25) is 0 Å². The third-order valence-electron chi connectivity index (χ3n) is 5.32. The number of carbonyl (C=O) groups is 2. The number of para-hydroxylation sites is 1. The van der Waals surface area contributed by atoms with E-state index >= 15 is 0 Å². The normalized spacial score (nSPS) is 22.9. The molecular formula is C19H21N3O4. The van der Waals surface area contributed by atoms with Gasteiger partial charge in [0, 0.05) is 25.2 Å². The van der Waals surface area contributed by atoms with E-state index in [1.54, 1.807) is 18.0 Å². The van der Waals surface area contributed by atoms with Gasteiger partial charge < -0.3 is 19.5 Å². The number of benzene rings is 1. The molecule has 2 aliphatic rings. The number of hydrogen-bond donors (Lipinski definition) is 1. The van der Waals surface area contributed by atoms with E-state index in [0.717, 1.165) is 23.9 Å². The van der Waals surface area contributed by atoms with Crippen LogP contribution in [0.15, 0.2) is 29.2 Å². The van der Waals surface area contributed by atoms with E-state index in [9.17, 15) is 14.4 Å². The van der Waals surface area contributed by atoms with Crippen LogP contribution < -0.4 is 5.43 Å². The van der Waals surface area contributed by atoms with Crippen molar-refractivity contribution in [2.45, 2.75) is 25.4 Å². The smallest absolute Gasteiger partial charge is 0.410 e. The number of aromatic nitrogens is 1. The predicted molar refractivity (Wildman–Crippen MR) is 96.3 cm³/mol. The largest absolute Gasteiger partial charge is 0.439 e. The van der Waals surface area contributed by atoms with Gasteiger partial charge in [0.25, 0.3) is 5.91 Å². The molecule has 1 atom stereocenters. The molecule has 1 N–H and O–H groups in total. The molecule has 0 aliphatic carbocycles. The van der Waals surface area contributed by atoms with Crippen LogP contribution in [0.25, 0.3) is 10.9 Å². The number of likely N-dealkylation sites (tertiary alicyclic amines) is 1. The molecular weight excluding hydrogens is 334 g/mol. The molecule has 4 rings (SSSR count). The van der Waals surface area contributed by atoms with Crippen molar-refractivity contribution in [3.8, 4) is 0 Å². The molecule has 2 amide bonds. The second kappa shape index (κ2) is 5.86. The van der Waals surface area contributed by atoms with Crippen LogP contribution in [0.3, 0.4) is 0 Å². The van der Waals surface area contributed by atoms with Gasteiger partial charge in [-0.15, -0.1) is 0 Å². The van der Waals surface area contributed by atoms with Crippen molar-refractivity contribution in [2.24, 2.45) is 0 Å². The quantitative estimate of drug-likeness (QED) is 0.847. The van der Waals surface area contributed by atoms with E-state index in [1.807, 2.05) is 19.1 Å². The number of carbonyl (C=O) groups excluding carboxylic acids is 2. The Morgan fingerprint density at radius 2 is 2.08 bits per heavy atom. The molecule has 2 aromatic rings. The van der Waals surface area contributed by atoms with Crippen molar-refractivity contribution in [3.63, 3.8) is 0 Å². The van der Waals surface area contributed by atoms with E-state index in [1.165, 1.54) is 11.1 Å². The van der Waals surface area contributed by atoms with Crippen molar-refractivity contribution < 1.29 is 14.3 Å². The SMILES string of the molecule is Cc1cccc2c(=O)c(C(=O)N3CCC[C@@]4(CN(C)C(=O)O4)C3)c[nH]c12. The lowest BCUT2D eigenvalue weighted by molar-refractivity contribution is -0.00526. The highest BCUT2D eigenvalue weighted by molar-refractivity contribution is 5.97. The number of rotatable bonds is 1. The monoisotopic (exact) mass is 355 g/mol. The van der Waals surface area contributed by atoms with Gasteiger partial charge in [0.15, 0.2) is 0 Å². The number of aromatic amines is 1. The minimum absolute atomic E-state index is 0.123. The number of amides is 2. The average Bonchev–Trinajstić information content (AvgIpc) is 2.88. The molecule has 0 bridgehead atoms. The molecule has 7 nitrogen and oxygen atoms in total. The summed E-state index contributed by atoms with van der Waals surface area (Å²) in [5, 5.41) is 0.509. The molecule has 0 unspecified atom stereocenters. The zero-order chi connectivity index (χ0) is 18.5. The van der Waals surface area contributed by atoms with Crippen LogP contribution in [0, 0.1) is 6.92 Å². The summed E-state index contributed by atoms with van der Waals surface area (Å²) in [6, 6.07) is 5.45. The first-order valence-corrected chi connectivity index (χ1v) is 8.75. The topological polar surface area (TPSA) is 82.7 Å². The Morgan fingerprint density at radius 1 is 1.27 bits per heavy atom. The number of hydrogen-bond acceptors (Lipinski definition) is 4. The van der Waals surface area contributed by atoms with Gasteiger partial charge in [-0.3, -0.25) is 9.59 Å². The van der Waals surface area contributed by atoms with Gasteiger partial charge in [0.05, 0.1) is 18.6 Å². The van der Waals surface area contributed by atoms with Crippen molar-refractivity contribution >= 4 is 22.9 Å². The summed E-state index contributed by atoms with van der Waals surface area (Å²) in [6.45, 7) is 3.24. The van der Waals surface area contributed by atoms with Gasteiger partial charge in [-0.25, -0.2) is 4.79 Å². The summed E-state index contributed by atoms with van der Waals surface area (Å²) in [6.07, 6.45) is 2.59. The van der Waals surface area contributed by atoms with Crippen LogP contribution in [-0.2, 0) is 4.74 Å². The Bertz CT molecular complexity index is 967. The number of nitrogens with zero attached hydrogens (tertiary/aromatic N) is 2. The molecule has 1 spiro atoms. The lowest BCUT2D eigenvalue weighted by Crippen LogP contribution is -2.52. The highest BCUT2D eigenvalue weighted by atomic mass is 16.6. The van der Waals surface area contributed by atoms with Gasteiger partial charge in [-0.1, -0.05) is 12.1 Å². The molecule has 0 saturated carbocycles. The van der Waals surface area contributed by atoms with E-state index in [2.05, 4.69) is 4.98 Å². The van der Waals surface area contributed by atoms with E-state index in [0.29, 0.717) is 25.0 Å². The van der Waals surface area contributed by atoms with Gasteiger partial charge in [0.2, 0.25) is 5.43 Å². The fraction of sp³-hybridized carbons (Fsp3) is 0.421. The molecule has 2 fully saturated rings. The summed E-state index contributed by atoms with van der Waals surface area (Å²) in [7, 11) is 1.69. The van der Waals surface area contributed by atoms with Crippen LogP contribution >= 0.6 is 0 Å². The van der Waals surface area contributed by atoms with E-state index in [4.69, 9.17) is 4.74 Å². The minimum atomic E-state index is -0.667. The second-order valence-corrected chi connectivity index (χ2v) is 7.27. The molecule has 2 saturated heterocycles. The van der Waals surface area contributed by atoms with E-state index in [-0.39, 0.29) is 23.0 Å². The summed E-state index contributed by atoms with van der Waals surface area (Å²) >= 11 is 0. The van der Waals surface area contributed by atoms with Crippen LogP contribution in [0.1, 0.15) is 28.8 Å². The third-order valence-corrected chi connectivity index (χ3v) is 5.32. The summed E-state index contributed by atoms with van der Waals surface area (Å²) < 4.78 is 5.54. The maximum absolute atomic E-state index is 13.0. The molecule has 2 aliphatic heterocycles. The summed E-state index contributed by atoms with van der Waals surface area (Å²) in [4.78, 5) is 43.8. The number of nitrogens with one attached hydrogen (secondary N) is 1. The molecule has 26 heavy (non-hydrogen) atoms. The van der Waals surface area contributed by atoms with Crippen molar-refractivity contribution in [2.75, 3.05) is 26.7 Å². The highest BCUT2D eigenvalue weighted by Crippen LogP contribution is 2.31. The number of aryl methyl sites for hydroxylation is 1. The Morgan fingerprint density at radius 3 is 2.81 bits per heavy atom. The Labute approximate surface area is 150 Å². The molecule has 136 valence electrons. The number of H-pyrrole nitrogens is 1. The first-order chi connectivity index (χ1) is 12.4. The number of likely N-dealkylation sites (N-methyl/N-ethyl adjacent to an activating group) is 1. The maximum Gasteiger partial charge on any atom is 0.410 e. The fourth-order valence-corrected chi connectivity index (χ4v) is 4.01. The van der Waals surface area contributed by atoms with Crippen molar-refractivity contribution in [1.82, 2.24) is 14.8 Å². The number of fused-ring (bicyclic) bond motifs is 1. The average molecular weight is 355 g/mol. The van der Waals surface area contributed by atoms with Gasteiger partial charge in [-0.05, 0) is 31.4 Å². The van der Waals surface area contributed by atoms with Crippen LogP contribution in [0.5, 0.6) is 0 Å². The lowest BCUT2D eigenvalue weighted by Gasteiger charge is -2.38. The van der Waals surface area contributed by atoms with Crippen molar-refractivity contribution in [3.05, 3.63) is 45.7 Å². The Hall–Kier alpha value is -2.83. The van der Waals surface area contributed by atoms with Gasteiger partial charge in [-0.2, -0.15) is 0 Å². The standard InChI is InChI=1S/C19H21N3O4/c1-12-5-3-6-13-15(12)20-9-14(16(13)23)17(24)22-8-4-7-19(11-22)10-21(2)18(25)26-19/h3,5-6,9H,4,7-8,10-11H2,1-2H3,(H,20,23)/t19-/m1/s1. The molecule has 7 heteroatoms. The zero-order valence-corrected chi connectivity index (χ0v) is 14.9. The zero-order valence-electron chi connectivity index (χ0n) is 14.9. The molecule has 3 heterocycles. The van der Waals surface area contributed by atoms with Gasteiger partial charge >= 0.3 is 6.09 Å². The second-order valence-electron chi connectivity index (χ2n) is 7.27. The maximum atomic E-state index is 13.0. The van der Waals surface area contributed by atoms with Crippen LogP contribution in [0.4, 0.5) is 4.79 Å². The van der Waals surface area contributed by atoms with Crippen LogP contribution in [-0.4, -0.2) is 59.1 Å². The predicted octanol–water partition coefficient (Wildman–Crippen LogP) is 1.89. The van der Waals surface area contributed by atoms with Crippen molar-refractivity contribution in [1.29, 1.82) is 0 Å². The molecule has 1 aromatic carbocycles. The lowest BCUT2D eigenvalue weighted by atomic mass is 9.92. The number of piperidine rings is 1. The first kappa shape index (κ1) is 16.6. The van der Waals surface area contributed by atoms with Gasteiger partial charge in [0.1, 0.15) is 11.2 Å². The molecule has 1 aromatic heterocycles. The fourth-order valence-electron chi connectivity index (χ4n) is 4.01. The first-order valence-electron chi connectivity index (χ1n) is 8.75. The number of pyridine rings is 1. The van der Waals surface area contributed by atoms with E-state index < -0.39 is 5.60 Å². The number of ether oxygens (including phenoxy) is 1. The summed E-state index contributed by atoms with van der Waals surface area (Å²) in [5.74, 6) is -0.320. The molecule has 0 radical (unpaired) electrons. The third kappa shape index (κ3) is 2.55. The Balaban J connectivity index is 1.66.